The van der Waals surface area contributed by atoms with E-state index in [1.807, 2.05) is 59.3 Å². The molecule has 0 unspecified atom stereocenters. The summed E-state index contributed by atoms with van der Waals surface area (Å²) >= 11 is 0. The largest absolute Gasteiger partial charge is 1.00 e. The van der Waals surface area contributed by atoms with Gasteiger partial charge in [-0.1, -0.05) is 88.4 Å². The van der Waals surface area contributed by atoms with E-state index >= 15 is 0 Å². The zero-order valence-electron chi connectivity index (χ0n) is 21.1. The molecule has 6 heteroatoms. The van der Waals surface area contributed by atoms with Crippen molar-refractivity contribution in [2.45, 2.75) is 65.5 Å². The average molecular weight is 503 g/mol. The molecule has 0 saturated carbocycles. The quantitative estimate of drug-likeness (QED) is 0.449. The molecule has 0 N–H and O–H groups in total. The standard InChI is InChI=1S/2C14H18NO.Cu.Li/c2*1-11(2)10-15-13(8-9-14(15)16)12-6-4-3-5-7-12;;/h2*3-7,10-11,13H,8-9H2,1-2H3;;/q2*-1;2*+1/t2*13-;;/m11../s1. The minimum absolute atomic E-state index is 0. The third-order valence-corrected chi connectivity index (χ3v) is 5.80. The van der Waals surface area contributed by atoms with Gasteiger partial charge in [0.2, 0.25) is 0 Å². The molecule has 34 heavy (non-hydrogen) atoms. The zero-order chi connectivity index (χ0) is 23.1. The summed E-state index contributed by atoms with van der Waals surface area (Å²) in [6.45, 7) is 12.5. The van der Waals surface area contributed by atoms with Crippen molar-refractivity contribution in [3.63, 3.8) is 0 Å². The first-order valence-corrected chi connectivity index (χ1v) is 11.8. The molecule has 2 aromatic carbocycles. The summed E-state index contributed by atoms with van der Waals surface area (Å²) in [5.74, 6) is 1.33. The van der Waals surface area contributed by atoms with Crippen molar-refractivity contribution in [2.75, 3.05) is 0 Å². The fourth-order valence-electron chi connectivity index (χ4n) is 4.43. The predicted molar refractivity (Wildman–Crippen MR) is 129 cm³/mol. The molecule has 2 saturated heterocycles. The maximum absolute atomic E-state index is 11.8. The van der Waals surface area contributed by atoms with Gasteiger partial charge in [-0.15, -0.1) is 0 Å². The predicted octanol–water partition coefficient (Wildman–Crippen LogP) is 3.34. The topological polar surface area (TPSA) is 40.6 Å². The van der Waals surface area contributed by atoms with Crippen LogP contribution >= 0.6 is 0 Å². The van der Waals surface area contributed by atoms with E-state index in [1.165, 1.54) is 11.1 Å². The van der Waals surface area contributed by atoms with Crippen molar-refractivity contribution in [1.82, 2.24) is 9.80 Å². The van der Waals surface area contributed by atoms with Gasteiger partial charge in [-0.05, 0) is 24.0 Å². The van der Waals surface area contributed by atoms with E-state index in [-0.39, 0.29) is 59.8 Å². The smallest absolute Gasteiger partial charge is 0.487 e. The van der Waals surface area contributed by atoms with Gasteiger partial charge < -0.3 is 9.80 Å². The van der Waals surface area contributed by atoms with E-state index in [0.717, 1.165) is 12.8 Å². The number of hydrogen-bond acceptors (Lipinski definition) is 2. The molecule has 4 nitrogen and oxygen atoms in total. The van der Waals surface area contributed by atoms with Gasteiger partial charge in [-0.3, -0.25) is 9.59 Å². The number of rotatable bonds is 6. The number of likely N-dealkylation sites (tertiary alicyclic amines) is 2. The van der Waals surface area contributed by atoms with Crippen LogP contribution in [0.1, 0.15) is 76.6 Å². The van der Waals surface area contributed by atoms with Gasteiger partial charge in [-0.2, -0.15) is 11.8 Å². The Morgan fingerprint density at radius 2 is 1.00 bits per heavy atom. The van der Waals surface area contributed by atoms with E-state index in [2.05, 4.69) is 52.0 Å². The van der Waals surface area contributed by atoms with Crippen LogP contribution in [0.3, 0.4) is 0 Å². The van der Waals surface area contributed by atoms with Crippen LogP contribution in [0.5, 0.6) is 0 Å². The number of nitrogens with zero attached hydrogens (tertiary/aromatic N) is 2. The Kier molecular flexibility index (Phi) is 13.3. The van der Waals surface area contributed by atoms with Gasteiger partial charge in [0.1, 0.15) is 0 Å². The molecule has 2 amide bonds. The molecule has 0 aromatic heterocycles. The summed E-state index contributed by atoms with van der Waals surface area (Å²) in [6.07, 6.45) is 3.21. The Morgan fingerprint density at radius 3 is 1.29 bits per heavy atom. The Hall–Kier alpha value is -1.50. The first-order valence-electron chi connectivity index (χ1n) is 11.8. The van der Waals surface area contributed by atoms with E-state index in [0.29, 0.717) is 24.7 Å². The normalized spacial score (nSPS) is 19.6. The van der Waals surface area contributed by atoms with Crippen molar-refractivity contribution < 1.29 is 45.5 Å². The van der Waals surface area contributed by atoms with Gasteiger partial charge in [0.15, 0.2) is 11.8 Å². The molecular weight excluding hydrogens is 467 g/mol. The number of hydrogen-bond donors (Lipinski definition) is 0. The summed E-state index contributed by atoms with van der Waals surface area (Å²) in [5.41, 5.74) is 2.48. The van der Waals surface area contributed by atoms with Crippen molar-refractivity contribution in [1.29, 1.82) is 0 Å². The number of amides is 2. The number of carbonyl (C=O) groups is 2. The van der Waals surface area contributed by atoms with Crippen LogP contribution in [-0.4, -0.2) is 21.6 Å². The molecular formula is C28H36CuLiN2O2. The van der Waals surface area contributed by atoms with Gasteiger partial charge in [0.25, 0.3) is 0 Å². The van der Waals surface area contributed by atoms with Crippen LogP contribution in [0.25, 0.3) is 0 Å². The summed E-state index contributed by atoms with van der Waals surface area (Å²) in [6, 6.07) is 21.1. The Labute approximate surface area is 228 Å². The third-order valence-electron chi connectivity index (χ3n) is 5.80. The first kappa shape index (κ1) is 30.5. The second-order valence-electron chi connectivity index (χ2n) is 9.32. The Bertz CT molecular complexity index is 803. The fourth-order valence-corrected chi connectivity index (χ4v) is 4.43. The van der Waals surface area contributed by atoms with Crippen LogP contribution in [0, 0.1) is 24.9 Å². The monoisotopic (exact) mass is 502 g/mol. The summed E-state index contributed by atoms with van der Waals surface area (Å²) in [4.78, 5) is 27.4. The van der Waals surface area contributed by atoms with Gasteiger partial charge in [-0.25, -0.2) is 13.1 Å². The molecule has 0 radical (unpaired) electrons. The number of carbonyl (C=O) groups excluding carboxylic acids is 2. The first-order chi connectivity index (χ1) is 15.4. The summed E-state index contributed by atoms with van der Waals surface area (Å²) in [5, 5.41) is 0. The van der Waals surface area contributed by atoms with Gasteiger partial charge in [0.05, 0.1) is 0 Å². The molecule has 4 rings (SSSR count). The maximum atomic E-state index is 11.8. The Balaban J connectivity index is 0.000000321. The molecule has 0 spiro atoms. The van der Waals surface area contributed by atoms with Crippen molar-refractivity contribution >= 4 is 11.8 Å². The zero-order valence-corrected chi connectivity index (χ0v) is 22.0. The van der Waals surface area contributed by atoms with Gasteiger partial charge in [0, 0.05) is 24.9 Å². The van der Waals surface area contributed by atoms with Crippen LogP contribution in [0.4, 0.5) is 0 Å². The van der Waals surface area contributed by atoms with Gasteiger partial charge >= 0.3 is 35.9 Å². The minimum atomic E-state index is 0. The SMILES string of the molecule is CC(C)[CH-]N1C(=O)CC[C@@H]1c1ccccc1.CC(C)[CH-]N1C(=O)CC[C@@H]1c1ccccc1.[Cu+].[Li+]. The van der Waals surface area contributed by atoms with Crippen LogP contribution in [-0.2, 0) is 26.7 Å². The molecule has 2 fully saturated rings. The molecule has 0 bridgehead atoms. The second-order valence-corrected chi connectivity index (χ2v) is 9.32. The minimum Gasteiger partial charge on any atom is -0.487 e. The van der Waals surface area contributed by atoms with Crippen molar-refractivity contribution in [2.24, 2.45) is 11.8 Å². The third kappa shape index (κ3) is 8.31. The maximum Gasteiger partial charge on any atom is 1.00 e. The molecule has 2 atom stereocenters. The Morgan fingerprint density at radius 1 is 0.676 bits per heavy atom. The molecule has 2 heterocycles. The van der Waals surface area contributed by atoms with E-state index < -0.39 is 0 Å². The van der Waals surface area contributed by atoms with Crippen LogP contribution in [0.15, 0.2) is 60.7 Å². The van der Waals surface area contributed by atoms with E-state index in [4.69, 9.17) is 0 Å². The fraction of sp³-hybridized carbons (Fsp3) is 0.429. The molecule has 182 valence electrons. The number of benzene rings is 2. The molecule has 2 aromatic rings. The van der Waals surface area contributed by atoms with Crippen molar-refractivity contribution in [3.05, 3.63) is 84.9 Å². The van der Waals surface area contributed by atoms with Crippen LogP contribution < -0.4 is 18.9 Å². The summed E-state index contributed by atoms with van der Waals surface area (Å²) < 4.78 is 0. The molecule has 0 aliphatic carbocycles. The average Bonchev–Trinajstić information content (AvgIpc) is 3.32. The van der Waals surface area contributed by atoms with Crippen molar-refractivity contribution in [3.8, 4) is 0 Å². The molecule has 2 aliphatic rings. The molecule has 2 aliphatic heterocycles. The second kappa shape index (κ2) is 14.8. The summed E-state index contributed by atoms with van der Waals surface area (Å²) in [7, 11) is 0. The van der Waals surface area contributed by atoms with E-state index in [1.54, 1.807) is 0 Å². The van der Waals surface area contributed by atoms with Crippen LogP contribution in [0.2, 0.25) is 0 Å². The van der Waals surface area contributed by atoms with E-state index in [9.17, 15) is 9.59 Å².